The Balaban J connectivity index is 2.13. The third kappa shape index (κ3) is 3.26. The monoisotopic (exact) mass is 363 g/mol. The van der Waals surface area contributed by atoms with Crippen molar-refractivity contribution in [3.8, 4) is 0 Å². The van der Waals surface area contributed by atoms with Crippen LogP contribution in [0.3, 0.4) is 0 Å². The second-order valence-electron chi connectivity index (χ2n) is 5.61. The van der Waals surface area contributed by atoms with Crippen molar-refractivity contribution < 1.29 is 13.2 Å². The van der Waals surface area contributed by atoms with E-state index >= 15 is 0 Å². The number of hydrogen-bond acceptors (Lipinski definition) is 7. The van der Waals surface area contributed by atoms with Crippen molar-refractivity contribution in [2.24, 2.45) is 10.7 Å². The first-order valence-corrected chi connectivity index (χ1v) is 10.2. The lowest BCUT2D eigenvalue weighted by atomic mass is 10.0. The molecule has 1 aliphatic heterocycles. The highest BCUT2D eigenvalue weighted by molar-refractivity contribution is 7.90. The van der Waals surface area contributed by atoms with Crippen LogP contribution in [0.25, 0.3) is 0 Å². The van der Waals surface area contributed by atoms with Gasteiger partial charge in [0.15, 0.2) is 9.84 Å². The van der Waals surface area contributed by atoms with E-state index in [-0.39, 0.29) is 5.75 Å². The summed E-state index contributed by atoms with van der Waals surface area (Å²) in [6, 6.07) is 10.3. The van der Waals surface area contributed by atoms with Crippen molar-refractivity contribution in [1.29, 1.82) is 0 Å². The number of carbonyl (C=O) groups excluding carboxylic acids is 1. The number of benzene rings is 1. The molecule has 0 saturated carbocycles. The Morgan fingerprint density at radius 3 is 2.71 bits per heavy atom. The summed E-state index contributed by atoms with van der Waals surface area (Å²) in [5.74, 6) is -0.247. The Bertz CT molecular complexity index is 876. The van der Waals surface area contributed by atoms with Crippen LogP contribution in [0.1, 0.15) is 4.88 Å². The minimum Gasteiger partial charge on any atom is -0.338 e. The maximum Gasteiger partial charge on any atom is 0.150 e. The number of aliphatic imine (C=N–C) groups is 1. The lowest BCUT2D eigenvalue weighted by Crippen LogP contribution is -2.56. The molecule has 3 rings (SSSR count). The van der Waals surface area contributed by atoms with Crippen molar-refractivity contribution in [3.05, 3.63) is 46.7 Å². The van der Waals surface area contributed by atoms with E-state index in [2.05, 4.69) is 4.99 Å². The number of carbonyl (C=O) groups is 1. The average molecular weight is 363 g/mol. The molecular formula is C16H17N3O3S2. The molecule has 0 aliphatic carbocycles. The fourth-order valence-electron chi connectivity index (χ4n) is 2.79. The number of hydrogen-bond donors (Lipinski definition) is 1. The van der Waals surface area contributed by atoms with Crippen LogP contribution < -0.4 is 10.6 Å². The second kappa shape index (κ2) is 6.46. The first-order valence-electron chi connectivity index (χ1n) is 7.29. The molecule has 126 valence electrons. The normalized spacial score (nSPS) is 18.7. The minimum atomic E-state index is -3.30. The maximum absolute atomic E-state index is 11.8. The van der Waals surface area contributed by atoms with Crippen molar-refractivity contribution in [2.45, 2.75) is 12.2 Å². The summed E-state index contributed by atoms with van der Waals surface area (Å²) in [5.41, 5.74) is 8.08. The molecule has 0 amide bonds. The van der Waals surface area contributed by atoms with Crippen LogP contribution in [0.2, 0.25) is 0 Å². The van der Waals surface area contributed by atoms with E-state index in [4.69, 9.17) is 5.73 Å². The van der Waals surface area contributed by atoms with Crippen LogP contribution in [0.4, 0.5) is 11.4 Å². The Kier molecular flexibility index (Phi) is 4.53. The molecule has 1 aromatic heterocycles. The Labute approximate surface area is 144 Å². The largest absolute Gasteiger partial charge is 0.338 e. The molecule has 2 aromatic rings. The Hall–Kier alpha value is -2.03. The van der Waals surface area contributed by atoms with Gasteiger partial charge in [-0.2, -0.15) is 0 Å². The highest BCUT2D eigenvalue weighted by atomic mass is 32.2. The summed E-state index contributed by atoms with van der Waals surface area (Å²) >= 11 is 1.47. The van der Waals surface area contributed by atoms with Gasteiger partial charge >= 0.3 is 0 Å². The molecule has 6 nitrogen and oxygen atoms in total. The summed E-state index contributed by atoms with van der Waals surface area (Å²) in [6.07, 6.45) is 1.05. The number of para-hydroxylation sites is 2. The van der Waals surface area contributed by atoms with Gasteiger partial charge in [0.25, 0.3) is 0 Å². The fourth-order valence-corrected chi connectivity index (χ4v) is 4.31. The zero-order chi connectivity index (χ0) is 17.3. The molecule has 1 aromatic carbocycles. The highest BCUT2D eigenvalue weighted by Gasteiger charge is 2.35. The Morgan fingerprint density at radius 2 is 2.08 bits per heavy atom. The van der Waals surface area contributed by atoms with E-state index in [1.54, 1.807) is 11.0 Å². The average Bonchev–Trinajstić information content (AvgIpc) is 3.05. The van der Waals surface area contributed by atoms with Crippen LogP contribution in [-0.4, -0.2) is 44.6 Å². The number of anilines is 1. The van der Waals surface area contributed by atoms with E-state index in [1.165, 1.54) is 11.3 Å². The topological polar surface area (TPSA) is 92.8 Å². The van der Waals surface area contributed by atoms with Crippen molar-refractivity contribution in [3.63, 3.8) is 0 Å². The lowest BCUT2D eigenvalue weighted by molar-refractivity contribution is -0.107. The molecule has 1 aliphatic rings. The molecule has 24 heavy (non-hydrogen) atoms. The summed E-state index contributed by atoms with van der Waals surface area (Å²) in [6.45, 7) is 0. The number of fused-ring (bicyclic) bond motifs is 1. The quantitative estimate of drug-likeness (QED) is 0.814. The van der Waals surface area contributed by atoms with E-state index < -0.39 is 22.0 Å². The van der Waals surface area contributed by atoms with Gasteiger partial charge in [-0.15, -0.1) is 11.3 Å². The van der Waals surface area contributed by atoms with Crippen LogP contribution in [0.5, 0.6) is 0 Å². The van der Waals surface area contributed by atoms with Gasteiger partial charge < -0.3 is 15.4 Å². The second-order valence-corrected chi connectivity index (χ2v) is 8.74. The Morgan fingerprint density at radius 1 is 1.33 bits per heavy atom. The molecule has 2 heterocycles. The zero-order valence-electron chi connectivity index (χ0n) is 13.0. The highest BCUT2D eigenvalue weighted by Crippen LogP contribution is 2.36. The molecule has 2 unspecified atom stereocenters. The predicted octanol–water partition coefficient (Wildman–Crippen LogP) is 1.59. The molecule has 0 radical (unpaired) electrons. The van der Waals surface area contributed by atoms with Gasteiger partial charge in [-0.3, -0.25) is 0 Å². The van der Waals surface area contributed by atoms with Gasteiger partial charge in [-0.05, 0) is 23.6 Å². The van der Waals surface area contributed by atoms with Gasteiger partial charge in [-0.1, -0.05) is 18.2 Å². The zero-order valence-corrected chi connectivity index (χ0v) is 14.6. The number of rotatable bonds is 5. The van der Waals surface area contributed by atoms with Crippen LogP contribution in [0.15, 0.2) is 46.8 Å². The van der Waals surface area contributed by atoms with E-state index in [0.717, 1.165) is 17.4 Å². The van der Waals surface area contributed by atoms with Gasteiger partial charge in [0.05, 0.1) is 33.9 Å². The third-order valence-corrected chi connectivity index (χ3v) is 5.55. The number of nitrogens with two attached hydrogens (primary N) is 1. The van der Waals surface area contributed by atoms with E-state index in [9.17, 15) is 13.2 Å². The standard InChI is InChI=1S/C16H17N3O3S2/c1-24(21,22)10-15(17)19-12-6-3-2-5-11(12)18-16(13(19)9-20)14-7-4-8-23-14/h2-9,13,15H,10,17H2,1H3. The number of sulfone groups is 1. The number of thiophene rings is 1. The predicted molar refractivity (Wildman–Crippen MR) is 97.0 cm³/mol. The first kappa shape index (κ1) is 16.8. The molecule has 0 spiro atoms. The number of nitrogens with zero attached hydrogens (tertiary/aromatic N) is 2. The molecule has 2 N–H and O–H groups in total. The maximum atomic E-state index is 11.8. The summed E-state index contributed by atoms with van der Waals surface area (Å²) < 4.78 is 23.4. The molecule has 0 saturated heterocycles. The SMILES string of the molecule is CS(=O)(=O)CC(N)N1c2ccccc2N=C(c2cccs2)C1C=O. The van der Waals surface area contributed by atoms with Gasteiger partial charge in [0, 0.05) is 6.26 Å². The fraction of sp³-hybridized carbons (Fsp3) is 0.250. The minimum absolute atomic E-state index is 0.247. The van der Waals surface area contributed by atoms with E-state index in [1.807, 2.05) is 35.7 Å². The first-order chi connectivity index (χ1) is 11.4. The molecule has 0 fully saturated rings. The molecular weight excluding hydrogens is 346 g/mol. The lowest BCUT2D eigenvalue weighted by Gasteiger charge is -2.38. The molecule has 0 bridgehead atoms. The van der Waals surface area contributed by atoms with Crippen molar-refractivity contribution >= 4 is 44.5 Å². The molecule has 8 heteroatoms. The van der Waals surface area contributed by atoms with E-state index in [0.29, 0.717) is 17.1 Å². The summed E-state index contributed by atoms with van der Waals surface area (Å²) in [5, 5.41) is 1.90. The van der Waals surface area contributed by atoms with Crippen LogP contribution >= 0.6 is 11.3 Å². The van der Waals surface area contributed by atoms with Gasteiger partial charge in [-0.25, -0.2) is 13.4 Å². The van der Waals surface area contributed by atoms with Gasteiger partial charge in [0.1, 0.15) is 12.3 Å². The molecule has 2 atom stereocenters. The smallest absolute Gasteiger partial charge is 0.150 e. The van der Waals surface area contributed by atoms with Crippen LogP contribution in [0, 0.1) is 0 Å². The third-order valence-electron chi connectivity index (χ3n) is 3.71. The van der Waals surface area contributed by atoms with Crippen molar-refractivity contribution in [2.75, 3.05) is 16.9 Å². The summed E-state index contributed by atoms with van der Waals surface area (Å²) in [7, 11) is -3.30. The van der Waals surface area contributed by atoms with Crippen molar-refractivity contribution in [1.82, 2.24) is 0 Å². The number of aldehydes is 1. The summed E-state index contributed by atoms with van der Waals surface area (Å²) in [4.78, 5) is 19.0. The van der Waals surface area contributed by atoms with Crippen LogP contribution in [-0.2, 0) is 14.6 Å². The van der Waals surface area contributed by atoms with Gasteiger partial charge in [0.2, 0.25) is 0 Å².